The number of hydrogen-bond donors (Lipinski definition) is 1. The summed E-state index contributed by atoms with van der Waals surface area (Å²) in [5.74, 6) is 0.798. The number of rotatable bonds is 9. The number of carbonyl (C=O) groups is 1. The van der Waals surface area contributed by atoms with E-state index in [1.165, 1.54) is 4.88 Å². The standard InChI is InChI=1S/C20H26N2O3S/c1-2-24-17-9-7-16(8-10-17)21-20(23)15-22(13-18-5-3-11-25-18)14-19-6-4-12-26-19/h4,6-10,12,18H,2-3,5,11,13-15H2,1H3,(H,21,23)/t18-/m1/s1. The third-order valence-electron chi connectivity index (χ3n) is 4.26. The van der Waals surface area contributed by atoms with E-state index in [0.717, 1.165) is 44.0 Å². The molecule has 0 saturated carbocycles. The Hall–Kier alpha value is -1.89. The summed E-state index contributed by atoms with van der Waals surface area (Å²) in [4.78, 5) is 15.9. The molecule has 1 aromatic carbocycles. The van der Waals surface area contributed by atoms with Gasteiger partial charge in [-0.1, -0.05) is 6.07 Å². The number of anilines is 1. The molecule has 1 aliphatic heterocycles. The van der Waals surface area contributed by atoms with Crippen molar-refractivity contribution in [1.29, 1.82) is 0 Å². The van der Waals surface area contributed by atoms with Crippen molar-refractivity contribution in [3.05, 3.63) is 46.7 Å². The van der Waals surface area contributed by atoms with Crippen LogP contribution in [-0.2, 0) is 16.1 Å². The highest BCUT2D eigenvalue weighted by molar-refractivity contribution is 7.09. The first-order valence-electron chi connectivity index (χ1n) is 9.12. The van der Waals surface area contributed by atoms with Crippen LogP contribution in [-0.4, -0.2) is 43.2 Å². The molecular weight excluding hydrogens is 348 g/mol. The van der Waals surface area contributed by atoms with Gasteiger partial charge in [0.15, 0.2) is 0 Å². The van der Waals surface area contributed by atoms with Gasteiger partial charge >= 0.3 is 0 Å². The van der Waals surface area contributed by atoms with Crippen LogP contribution >= 0.6 is 11.3 Å². The highest BCUT2D eigenvalue weighted by Crippen LogP contribution is 2.18. The average molecular weight is 375 g/mol. The first-order chi connectivity index (χ1) is 12.7. The number of benzene rings is 1. The van der Waals surface area contributed by atoms with E-state index in [9.17, 15) is 4.79 Å². The van der Waals surface area contributed by atoms with Gasteiger partial charge in [0.2, 0.25) is 5.91 Å². The minimum atomic E-state index is -0.0105. The zero-order valence-corrected chi connectivity index (χ0v) is 16.0. The third-order valence-corrected chi connectivity index (χ3v) is 5.12. The maximum Gasteiger partial charge on any atom is 0.238 e. The van der Waals surface area contributed by atoms with Crippen molar-refractivity contribution in [2.24, 2.45) is 0 Å². The van der Waals surface area contributed by atoms with Crippen LogP contribution in [0.3, 0.4) is 0 Å². The van der Waals surface area contributed by atoms with Crippen LogP contribution in [0.25, 0.3) is 0 Å². The summed E-state index contributed by atoms with van der Waals surface area (Å²) >= 11 is 1.72. The maximum atomic E-state index is 12.5. The predicted molar refractivity (Wildman–Crippen MR) is 105 cm³/mol. The topological polar surface area (TPSA) is 50.8 Å². The Labute approximate surface area is 158 Å². The summed E-state index contributed by atoms with van der Waals surface area (Å²) < 4.78 is 11.2. The fourth-order valence-corrected chi connectivity index (χ4v) is 3.84. The Morgan fingerprint density at radius 1 is 1.35 bits per heavy atom. The molecule has 3 rings (SSSR count). The number of ether oxygens (including phenoxy) is 2. The van der Waals surface area contributed by atoms with Crippen LogP contribution in [0.2, 0.25) is 0 Å². The second-order valence-electron chi connectivity index (χ2n) is 6.39. The fraction of sp³-hybridized carbons (Fsp3) is 0.450. The number of thiophene rings is 1. The summed E-state index contributed by atoms with van der Waals surface area (Å²) in [5, 5.41) is 5.04. The highest BCUT2D eigenvalue weighted by atomic mass is 32.1. The van der Waals surface area contributed by atoms with Crippen molar-refractivity contribution in [3.8, 4) is 5.75 Å². The van der Waals surface area contributed by atoms with Crippen LogP contribution in [0.5, 0.6) is 5.75 Å². The van der Waals surface area contributed by atoms with Gasteiger partial charge in [-0.05, 0) is 55.5 Å². The summed E-state index contributed by atoms with van der Waals surface area (Å²) in [7, 11) is 0. The number of nitrogens with one attached hydrogen (secondary N) is 1. The van der Waals surface area contributed by atoms with Crippen molar-refractivity contribution in [2.75, 3.05) is 31.6 Å². The second kappa shape index (κ2) is 9.71. The summed E-state index contributed by atoms with van der Waals surface area (Å²) in [5.41, 5.74) is 0.784. The van der Waals surface area contributed by atoms with E-state index in [2.05, 4.69) is 21.7 Å². The first-order valence-corrected chi connectivity index (χ1v) is 10.00. The molecule has 1 N–H and O–H groups in total. The predicted octanol–water partition coefficient (Wildman–Crippen LogP) is 3.77. The highest BCUT2D eigenvalue weighted by Gasteiger charge is 2.21. The molecule has 1 aliphatic rings. The lowest BCUT2D eigenvalue weighted by molar-refractivity contribution is -0.117. The van der Waals surface area contributed by atoms with E-state index >= 15 is 0 Å². The Kier molecular flexibility index (Phi) is 7.05. The number of amides is 1. The Bertz CT molecular complexity index is 667. The van der Waals surface area contributed by atoms with Crippen molar-refractivity contribution in [2.45, 2.75) is 32.4 Å². The molecule has 5 nitrogen and oxygen atoms in total. The third kappa shape index (κ3) is 5.83. The van der Waals surface area contributed by atoms with E-state index in [0.29, 0.717) is 13.2 Å². The average Bonchev–Trinajstić information content (AvgIpc) is 3.31. The van der Waals surface area contributed by atoms with Gasteiger partial charge in [0.25, 0.3) is 0 Å². The van der Waals surface area contributed by atoms with Gasteiger partial charge in [-0.25, -0.2) is 0 Å². The first kappa shape index (κ1) is 18.9. The van der Waals surface area contributed by atoms with Crippen LogP contribution < -0.4 is 10.1 Å². The summed E-state index contributed by atoms with van der Waals surface area (Å²) in [6.45, 7) is 5.32. The van der Waals surface area contributed by atoms with Crippen molar-refractivity contribution in [3.63, 3.8) is 0 Å². The van der Waals surface area contributed by atoms with Crippen molar-refractivity contribution < 1.29 is 14.3 Å². The number of hydrogen-bond acceptors (Lipinski definition) is 5. The molecule has 0 unspecified atom stereocenters. The smallest absolute Gasteiger partial charge is 0.238 e. The molecule has 0 spiro atoms. The van der Waals surface area contributed by atoms with Crippen LogP contribution in [0, 0.1) is 0 Å². The Morgan fingerprint density at radius 2 is 2.19 bits per heavy atom. The van der Waals surface area contributed by atoms with E-state index in [1.807, 2.05) is 37.3 Å². The normalized spacial score (nSPS) is 16.8. The zero-order chi connectivity index (χ0) is 18.2. The molecule has 0 bridgehead atoms. The van der Waals surface area contributed by atoms with Gasteiger partial charge < -0.3 is 14.8 Å². The van der Waals surface area contributed by atoms with E-state index in [4.69, 9.17) is 9.47 Å². The monoisotopic (exact) mass is 374 g/mol. The molecule has 1 atom stereocenters. The molecule has 1 amide bonds. The van der Waals surface area contributed by atoms with E-state index < -0.39 is 0 Å². The van der Waals surface area contributed by atoms with Gasteiger partial charge in [-0.3, -0.25) is 9.69 Å². The van der Waals surface area contributed by atoms with Gasteiger partial charge in [0, 0.05) is 30.3 Å². The van der Waals surface area contributed by atoms with E-state index in [1.54, 1.807) is 11.3 Å². The lowest BCUT2D eigenvalue weighted by Gasteiger charge is -2.24. The molecule has 1 saturated heterocycles. The fourth-order valence-electron chi connectivity index (χ4n) is 3.09. The Morgan fingerprint density at radius 3 is 2.85 bits per heavy atom. The van der Waals surface area contributed by atoms with Crippen molar-refractivity contribution in [1.82, 2.24) is 4.90 Å². The van der Waals surface area contributed by atoms with Gasteiger partial charge in [-0.2, -0.15) is 0 Å². The quantitative estimate of drug-likeness (QED) is 0.726. The van der Waals surface area contributed by atoms with E-state index in [-0.39, 0.29) is 12.0 Å². The molecule has 0 aliphatic carbocycles. The number of carbonyl (C=O) groups excluding carboxylic acids is 1. The number of nitrogens with zero attached hydrogens (tertiary/aromatic N) is 1. The minimum Gasteiger partial charge on any atom is -0.494 e. The molecule has 1 fully saturated rings. The summed E-state index contributed by atoms with van der Waals surface area (Å²) in [6.07, 6.45) is 2.41. The van der Waals surface area contributed by atoms with Gasteiger partial charge in [-0.15, -0.1) is 11.3 Å². The molecular formula is C20H26N2O3S. The minimum absolute atomic E-state index is 0.0105. The van der Waals surface area contributed by atoms with Gasteiger partial charge in [0.1, 0.15) is 5.75 Å². The molecule has 140 valence electrons. The SMILES string of the molecule is CCOc1ccc(NC(=O)CN(Cc2cccs2)C[C@H]2CCCO2)cc1. The molecule has 0 radical (unpaired) electrons. The maximum absolute atomic E-state index is 12.5. The summed E-state index contributed by atoms with van der Waals surface area (Å²) in [6, 6.07) is 11.6. The lowest BCUT2D eigenvalue weighted by atomic mass is 10.2. The largest absolute Gasteiger partial charge is 0.494 e. The molecule has 26 heavy (non-hydrogen) atoms. The Balaban J connectivity index is 1.56. The lowest BCUT2D eigenvalue weighted by Crippen LogP contribution is -2.37. The molecule has 1 aromatic heterocycles. The second-order valence-corrected chi connectivity index (χ2v) is 7.42. The molecule has 2 heterocycles. The van der Waals surface area contributed by atoms with Crippen LogP contribution in [0.4, 0.5) is 5.69 Å². The van der Waals surface area contributed by atoms with Crippen molar-refractivity contribution >= 4 is 22.9 Å². The molecule has 6 heteroatoms. The molecule has 2 aromatic rings. The zero-order valence-electron chi connectivity index (χ0n) is 15.1. The van der Waals surface area contributed by atoms with Gasteiger partial charge in [0.05, 0.1) is 19.3 Å². The van der Waals surface area contributed by atoms with Crippen LogP contribution in [0.15, 0.2) is 41.8 Å². The van der Waals surface area contributed by atoms with Crippen LogP contribution in [0.1, 0.15) is 24.6 Å².